The second-order valence-corrected chi connectivity index (χ2v) is 7.74. The minimum atomic E-state index is -0.970. The van der Waals surface area contributed by atoms with Gasteiger partial charge in [0.05, 0.1) is 18.8 Å². The maximum atomic E-state index is 10.6. The zero-order valence-corrected chi connectivity index (χ0v) is 14.7. The van der Waals surface area contributed by atoms with Crippen molar-refractivity contribution in [3.8, 4) is 0 Å². The molecule has 3 fully saturated rings. The fourth-order valence-electron chi connectivity index (χ4n) is 4.50. The summed E-state index contributed by atoms with van der Waals surface area (Å²) in [7, 11) is 0. The lowest BCUT2D eigenvalue weighted by Gasteiger charge is -2.42. The van der Waals surface area contributed by atoms with Crippen molar-refractivity contribution in [2.24, 2.45) is 5.92 Å². The van der Waals surface area contributed by atoms with E-state index in [9.17, 15) is 10.2 Å². The van der Waals surface area contributed by atoms with Crippen LogP contribution >= 0.6 is 0 Å². The van der Waals surface area contributed by atoms with Crippen LogP contribution in [0.4, 0.5) is 0 Å². The molecule has 5 heteroatoms. The molecule has 2 aliphatic carbocycles. The summed E-state index contributed by atoms with van der Waals surface area (Å²) in [6.45, 7) is 2.30. The van der Waals surface area contributed by atoms with Crippen molar-refractivity contribution >= 4 is 0 Å². The highest BCUT2D eigenvalue weighted by Gasteiger charge is 2.59. The van der Waals surface area contributed by atoms with Gasteiger partial charge in [-0.3, -0.25) is 0 Å². The summed E-state index contributed by atoms with van der Waals surface area (Å²) in [5, 5.41) is 21.1. The summed E-state index contributed by atoms with van der Waals surface area (Å²) < 4.78 is 18.7. The highest BCUT2D eigenvalue weighted by atomic mass is 16.8. The maximum absolute atomic E-state index is 10.6. The number of fused-ring (bicyclic) bond motifs is 1. The Bertz CT molecular complexity index is 571. The molecule has 25 heavy (non-hydrogen) atoms. The number of benzene rings is 1. The quantitative estimate of drug-likeness (QED) is 0.878. The molecule has 2 N–H and O–H groups in total. The number of hydrogen-bond acceptors (Lipinski definition) is 5. The Hall–Kier alpha value is -0.980. The zero-order chi connectivity index (χ0) is 17.4. The first-order chi connectivity index (χ1) is 12.1. The SMILES string of the molecule is CC1C2OC3(CCCCC3)O[C@@H]2[C@@H](OCc2ccccc2)C(O)[C@@H]1O. The lowest BCUT2D eigenvalue weighted by molar-refractivity contribution is -0.209. The average Bonchev–Trinajstić information content (AvgIpc) is 3.00. The van der Waals surface area contributed by atoms with E-state index < -0.39 is 24.1 Å². The molecule has 6 atom stereocenters. The van der Waals surface area contributed by atoms with Gasteiger partial charge in [-0.25, -0.2) is 0 Å². The standard InChI is InChI=1S/C20H28O5/c1-13-15(21)16(22)18(23-12-14-8-4-2-5-9-14)19-17(13)24-20(25-19)10-6-3-7-11-20/h2,4-5,8-9,13,15-19,21-22H,3,6-7,10-12H2,1H3/t13?,15-,16?,17?,18+,19+/m1/s1. The number of hydrogen-bond donors (Lipinski definition) is 2. The van der Waals surface area contributed by atoms with Crippen LogP contribution in [-0.2, 0) is 20.8 Å². The topological polar surface area (TPSA) is 68.2 Å². The average molecular weight is 348 g/mol. The van der Waals surface area contributed by atoms with E-state index in [1.807, 2.05) is 37.3 Å². The Labute approximate surface area is 148 Å². The molecule has 0 aromatic heterocycles. The van der Waals surface area contributed by atoms with Crippen LogP contribution in [-0.4, -0.2) is 46.5 Å². The predicted molar refractivity (Wildman–Crippen MR) is 91.8 cm³/mol. The fourth-order valence-corrected chi connectivity index (χ4v) is 4.50. The van der Waals surface area contributed by atoms with Gasteiger partial charge in [-0.1, -0.05) is 43.7 Å². The van der Waals surface area contributed by atoms with Crippen molar-refractivity contribution in [1.82, 2.24) is 0 Å². The zero-order valence-electron chi connectivity index (χ0n) is 14.7. The largest absolute Gasteiger partial charge is 0.390 e. The third-order valence-electron chi connectivity index (χ3n) is 5.99. The smallest absolute Gasteiger partial charge is 0.169 e. The first-order valence-electron chi connectivity index (χ1n) is 9.47. The van der Waals surface area contributed by atoms with Crippen LogP contribution in [0.15, 0.2) is 30.3 Å². The minimum absolute atomic E-state index is 0.183. The molecule has 1 aromatic rings. The molecule has 3 unspecified atom stereocenters. The van der Waals surface area contributed by atoms with Gasteiger partial charge in [0.2, 0.25) is 0 Å². The first kappa shape index (κ1) is 17.4. The number of aliphatic hydroxyl groups is 2. The lowest BCUT2D eigenvalue weighted by atomic mass is 9.79. The molecule has 1 aliphatic heterocycles. The molecule has 3 aliphatic rings. The summed E-state index contributed by atoms with van der Waals surface area (Å²) in [5.41, 5.74) is 1.03. The third-order valence-corrected chi connectivity index (χ3v) is 5.99. The maximum Gasteiger partial charge on any atom is 0.169 e. The Morgan fingerprint density at radius 3 is 2.40 bits per heavy atom. The van der Waals surface area contributed by atoms with Gasteiger partial charge in [-0.15, -0.1) is 0 Å². The van der Waals surface area contributed by atoms with Crippen LogP contribution < -0.4 is 0 Å². The summed E-state index contributed by atoms with van der Waals surface area (Å²) in [5.74, 6) is -0.738. The highest BCUT2D eigenvalue weighted by Crippen LogP contribution is 2.47. The van der Waals surface area contributed by atoms with Gasteiger partial charge in [0.1, 0.15) is 18.3 Å². The summed E-state index contributed by atoms with van der Waals surface area (Å²) >= 11 is 0. The van der Waals surface area contributed by atoms with Crippen LogP contribution in [0.1, 0.15) is 44.6 Å². The van der Waals surface area contributed by atoms with Crippen LogP contribution in [0, 0.1) is 5.92 Å². The molecule has 1 heterocycles. The number of rotatable bonds is 3. The van der Waals surface area contributed by atoms with Crippen LogP contribution in [0.3, 0.4) is 0 Å². The van der Waals surface area contributed by atoms with Crippen molar-refractivity contribution in [1.29, 1.82) is 0 Å². The van der Waals surface area contributed by atoms with Gasteiger partial charge >= 0.3 is 0 Å². The molecule has 4 rings (SSSR count). The van der Waals surface area contributed by atoms with E-state index in [1.165, 1.54) is 6.42 Å². The first-order valence-corrected chi connectivity index (χ1v) is 9.47. The Balaban J connectivity index is 1.52. The monoisotopic (exact) mass is 348 g/mol. The minimum Gasteiger partial charge on any atom is -0.390 e. The molecule has 138 valence electrons. The lowest BCUT2D eigenvalue weighted by Crippen LogP contribution is -2.60. The van der Waals surface area contributed by atoms with Gasteiger partial charge in [0.15, 0.2) is 5.79 Å². The molecule has 1 spiro atoms. The van der Waals surface area contributed by atoms with E-state index >= 15 is 0 Å². The number of aliphatic hydroxyl groups excluding tert-OH is 2. The molecule has 5 nitrogen and oxygen atoms in total. The van der Waals surface area contributed by atoms with E-state index in [-0.39, 0.29) is 18.1 Å². The molecular weight excluding hydrogens is 320 g/mol. The summed E-state index contributed by atoms with van der Waals surface area (Å²) in [4.78, 5) is 0. The summed E-state index contributed by atoms with van der Waals surface area (Å²) in [6.07, 6.45) is 2.15. The second kappa shape index (κ2) is 6.97. The molecule has 1 aromatic carbocycles. The fraction of sp³-hybridized carbons (Fsp3) is 0.700. The van der Waals surface area contributed by atoms with Gasteiger partial charge in [0, 0.05) is 18.8 Å². The normalized spacial score (nSPS) is 40.1. The Morgan fingerprint density at radius 1 is 1.00 bits per heavy atom. The van der Waals surface area contributed by atoms with E-state index in [4.69, 9.17) is 14.2 Å². The summed E-state index contributed by atoms with van der Waals surface area (Å²) in [6, 6.07) is 9.85. The van der Waals surface area contributed by atoms with Gasteiger partial charge in [0.25, 0.3) is 0 Å². The molecule has 0 radical (unpaired) electrons. The van der Waals surface area contributed by atoms with E-state index in [2.05, 4.69) is 0 Å². The highest BCUT2D eigenvalue weighted by molar-refractivity contribution is 5.14. The Kier molecular flexibility index (Phi) is 4.86. The van der Waals surface area contributed by atoms with Crippen LogP contribution in [0.2, 0.25) is 0 Å². The van der Waals surface area contributed by atoms with Gasteiger partial charge < -0.3 is 24.4 Å². The van der Waals surface area contributed by atoms with Crippen molar-refractivity contribution in [3.63, 3.8) is 0 Å². The number of ether oxygens (including phenoxy) is 3. The molecule has 1 saturated heterocycles. The second-order valence-electron chi connectivity index (χ2n) is 7.74. The van der Waals surface area contributed by atoms with Crippen molar-refractivity contribution < 1.29 is 24.4 Å². The van der Waals surface area contributed by atoms with Crippen LogP contribution in [0.5, 0.6) is 0 Å². The Morgan fingerprint density at radius 2 is 1.68 bits per heavy atom. The molecule has 0 amide bonds. The van der Waals surface area contributed by atoms with Gasteiger partial charge in [-0.2, -0.15) is 0 Å². The van der Waals surface area contributed by atoms with E-state index in [0.29, 0.717) is 6.61 Å². The predicted octanol–water partition coefficient (Wildman–Crippen LogP) is 2.39. The molecule has 2 saturated carbocycles. The molecule has 0 bridgehead atoms. The van der Waals surface area contributed by atoms with E-state index in [0.717, 1.165) is 31.2 Å². The molecular formula is C20H28O5. The van der Waals surface area contributed by atoms with Crippen LogP contribution in [0.25, 0.3) is 0 Å². The third kappa shape index (κ3) is 3.24. The van der Waals surface area contributed by atoms with E-state index in [1.54, 1.807) is 0 Å². The van der Waals surface area contributed by atoms with Crippen molar-refractivity contribution in [2.45, 2.75) is 81.9 Å². The van der Waals surface area contributed by atoms with Gasteiger partial charge in [-0.05, 0) is 18.4 Å². The van der Waals surface area contributed by atoms with Crippen molar-refractivity contribution in [2.75, 3.05) is 0 Å². The van der Waals surface area contributed by atoms with Crippen molar-refractivity contribution in [3.05, 3.63) is 35.9 Å².